The molecule has 7 heterocycles. The highest BCUT2D eigenvalue weighted by Gasteiger charge is 2.54. The molecule has 5 aromatic heterocycles. The molecule has 9 rings (SSSR count). The first-order valence-electron chi connectivity index (χ1n) is 24.2. The second kappa shape index (κ2) is 21.5. The Bertz CT molecular complexity index is 3690. The van der Waals surface area contributed by atoms with Crippen LogP contribution in [0.2, 0.25) is 0 Å². The molecule has 8 N–H and O–H groups in total. The number of aliphatic hydroxyl groups is 1. The summed E-state index contributed by atoms with van der Waals surface area (Å²) in [4.78, 5) is 88.6. The van der Waals surface area contributed by atoms with Gasteiger partial charge in [0.05, 0.1) is 31.1 Å². The second-order valence-electron chi connectivity index (χ2n) is 19.8. The van der Waals surface area contributed by atoms with Crippen molar-refractivity contribution in [1.82, 2.24) is 15.0 Å². The van der Waals surface area contributed by atoms with Gasteiger partial charge in [0.15, 0.2) is 52.1 Å². The van der Waals surface area contributed by atoms with Gasteiger partial charge in [-0.3, -0.25) is 9.59 Å². The van der Waals surface area contributed by atoms with Gasteiger partial charge in [-0.1, -0.05) is 0 Å². The van der Waals surface area contributed by atoms with E-state index in [0.29, 0.717) is 5.69 Å². The van der Waals surface area contributed by atoms with Gasteiger partial charge in [-0.05, 0) is 119 Å². The average molecular weight is 1210 g/mol. The van der Waals surface area contributed by atoms with E-state index < -0.39 is 129 Å². The molecule has 0 spiro atoms. The highest BCUT2D eigenvalue weighted by atomic mass is 127. The second-order valence-corrected chi connectivity index (χ2v) is 20.9. The molecule has 418 valence electrons. The van der Waals surface area contributed by atoms with Crippen LogP contribution in [0.15, 0.2) is 73.2 Å². The minimum Gasteiger partial charge on any atom is -0.505 e. The van der Waals surface area contributed by atoms with E-state index in [1.54, 1.807) is 59.7 Å². The molecule has 0 saturated carbocycles. The van der Waals surface area contributed by atoms with Crippen LogP contribution in [0.25, 0.3) is 21.9 Å². The number of aromatic amines is 3. The Hall–Kier alpha value is -7.76. The number of fused-ring (bicyclic) bond motifs is 2. The van der Waals surface area contributed by atoms with Crippen LogP contribution in [0, 0.1) is 30.2 Å². The SMILES string of the molecule is CO[C@@H]1C(OC(=O)c2ccc(C)[nH]2)C[C@H](Oc2ccc3c(O)c(NC(=O)c4[nH]cc(C(=O)Nc5c(O)c6cc(O[C@H]7OC(C)(C)[C@H](OC)C(OC(=O)c8ccc(C)[nH]8)C7O)cc(F)c6oc5=O)c4C)c(=O)oc3c2I)OC1(C)C. The van der Waals surface area contributed by atoms with Crippen molar-refractivity contribution in [2.24, 2.45) is 0 Å². The van der Waals surface area contributed by atoms with E-state index in [2.05, 4.69) is 25.6 Å². The van der Waals surface area contributed by atoms with E-state index in [4.69, 9.17) is 46.7 Å². The quantitative estimate of drug-likeness (QED) is 0.0318. The minimum atomic E-state index is -1.72. The zero-order valence-corrected chi connectivity index (χ0v) is 45.7. The third-order valence-corrected chi connectivity index (χ3v) is 14.5. The predicted molar refractivity (Wildman–Crippen MR) is 283 cm³/mol. The third-order valence-electron chi connectivity index (χ3n) is 13.5. The van der Waals surface area contributed by atoms with Crippen molar-refractivity contribution in [2.45, 2.75) is 109 Å². The lowest BCUT2D eigenvalue weighted by molar-refractivity contribution is -0.305. The molecule has 2 saturated heterocycles. The summed E-state index contributed by atoms with van der Waals surface area (Å²) < 4.78 is 73.8. The van der Waals surface area contributed by atoms with Gasteiger partial charge >= 0.3 is 23.2 Å². The number of ether oxygens (including phenoxy) is 8. The Morgan fingerprint density at radius 1 is 0.747 bits per heavy atom. The van der Waals surface area contributed by atoms with Crippen molar-refractivity contribution >= 4 is 79.7 Å². The molecule has 0 bridgehead atoms. The van der Waals surface area contributed by atoms with Crippen molar-refractivity contribution in [1.29, 1.82) is 0 Å². The Balaban J connectivity index is 0.898. The maximum Gasteiger partial charge on any atom is 0.364 e. The summed E-state index contributed by atoms with van der Waals surface area (Å²) in [5.74, 6) is -6.49. The molecule has 2 amide bonds. The number of nitrogens with one attached hydrogen (secondary N) is 5. The summed E-state index contributed by atoms with van der Waals surface area (Å²) in [5.41, 5.74) is -5.89. The number of hydrogen-bond donors (Lipinski definition) is 8. The normalized spacial score (nSPS) is 21.6. The van der Waals surface area contributed by atoms with Crippen LogP contribution in [0.5, 0.6) is 23.0 Å². The average Bonchev–Trinajstić information content (AvgIpc) is 4.25. The molecule has 79 heavy (non-hydrogen) atoms. The van der Waals surface area contributed by atoms with Gasteiger partial charge in [0.1, 0.15) is 46.9 Å². The monoisotopic (exact) mass is 1210 g/mol. The van der Waals surface area contributed by atoms with E-state index in [0.717, 1.165) is 24.0 Å². The number of aryl methyl sites for hydroxylation is 2. The zero-order valence-electron chi connectivity index (χ0n) is 43.6. The highest BCUT2D eigenvalue weighted by Crippen LogP contribution is 2.41. The smallest absolute Gasteiger partial charge is 0.364 e. The number of esters is 2. The largest absolute Gasteiger partial charge is 0.505 e. The molecule has 0 radical (unpaired) electrons. The molecule has 7 aromatic rings. The Morgan fingerprint density at radius 3 is 1.94 bits per heavy atom. The van der Waals surface area contributed by atoms with E-state index in [9.17, 15) is 44.1 Å². The number of H-pyrrole nitrogens is 3. The number of methoxy groups -OCH3 is 2. The molecule has 24 nitrogen and oxygen atoms in total. The number of carbonyl (C=O) groups excluding carboxylic acids is 4. The van der Waals surface area contributed by atoms with E-state index in [1.807, 2.05) is 22.6 Å². The van der Waals surface area contributed by atoms with Gasteiger partial charge in [-0.15, -0.1) is 0 Å². The first kappa shape index (κ1) is 56.0. The molecule has 7 atom stereocenters. The Kier molecular flexibility index (Phi) is 15.2. The minimum absolute atomic E-state index is 0.000888. The first-order valence-corrected chi connectivity index (χ1v) is 25.3. The lowest BCUT2D eigenvalue weighted by atomic mass is 9.89. The fourth-order valence-corrected chi connectivity index (χ4v) is 10.4. The predicted octanol–water partition coefficient (Wildman–Crippen LogP) is 6.73. The molecular weight excluding hydrogens is 1160 g/mol. The Morgan fingerprint density at radius 2 is 1.33 bits per heavy atom. The van der Waals surface area contributed by atoms with Crippen LogP contribution < -0.4 is 31.4 Å². The van der Waals surface area contributed by atoms with Crippen molar-refractivity contribution in [3.05, 3.63) is 125 Å². The highest BCUT2D eigenvalue weighted by molar-refractivity contribution is 14.1. The van der Waals surface area contributed by atoms with E-state index in [-0.39, 0.29) is 60.7 Å². The standard InChI is InChI=1S/C53H53FIN5O19/c1-20-10-13-28(57-20)47(66)74-31-18-32(78-52(4,5)43(31)70-8)73-30-15-12-24-37(61)35(50(69)76-41(24)33(30)55)60-46(65)34-22(3)26(19-56-34)45(64)59-36-38(62)25-16-23(17-27(54)40(25)75-49(36)68)72-51-39(63)42(44(71-9)53(6,7)79-51)77-48(67)29-14-11-21(2)58-29/h10-17,19,31-32,39,42-44,51,56-58,61-63H,18H2,1-9H3,(H,59,64)(H,60,65)/t31?,32-,39?,42?,43-,44-,51+/m1/s1. The lowest BCUT2D eigenvalue weighted by Crippen LogP contribution is -2.65. The van der Waals surface area contributed by atoms with Crippen LogP contribution in [0.1, 0.15) is 92.9 Å². The molecule has 3 unspecified atom stereocenters. The van der Waals surface area contributed by atoms with Gasteiger partial charge in [0.2, 0.25) is 12.6 Å². The molecule has 2 aromatic carbocycles. The van der Waals surface area contributed by atoms with Crippen molar-refractivity contribution in [3.63, 3.8) is 0 Å². The summed E-state index contributed by atoms with van der Waals surface area (Å²) in [7, 11) is 2.80. The van der Waals surface area contributed by atoms with E-state index in [1.165, 1.54) is 39.3 Å². The Labute approximate surface area is 459 Å². The summed E-state index contributed by atoms with van der Waals surface area (Å²) >= 11 is 1.86. The number of hydrogen-bond acceptors (Lipinski definition) is 19. The van der Waals surface area contributed by atoms with Crippen LogP contribution in [-0.2, 0) is 28.4 Å². The zero-order chi connectivity index (χ0) is 57.2. The molecule has 2 aliphatic rings. The van der Waals surface area contributed by atoms with Gasteiger partial charge in [0, 0.05) is 44.3 Å². The molecule has 2 aliphatic heterocycles. The van der Waals surface area contributed by atoms with Crippen molar-refractivity contribution < 1.29 is 85.6 Å². The fraction of sp³-hybridized carbons (Fsp3) is 0.358. The number of anilines is 2. The molecular formula is C53H53FIN5O19. The molecule has 26 heteroatoms. The molecule has 2 fully saturated rings. The number of benzene rings is 2. The van der Waals surface area contributed by atoms with Crippen LogP contribution in [0.4, 0.5) is 15.8 Å². The van der Waals surface area contributed by atoms with Gasteiger partial charge < -0.3 is 87.6 Å². The maximum absolute atomic E-state index is 15.7. The number of aliphatic hydroxyl groups excluding tert-OH is 1. The van der Waals surface area contributed by atoms with Gasteiger partial charge in [0.25, 0.3) is 11.8 Å². The van der Waals surface area contributed by atoms with Crippen molar-refractivity contribution in [3.8, 4) is 23.0 Å². The van der Waals surface area contributed by atoms with Gasteiger partial charge in [-0.2, -0.15) is 0 Å². The van der Waals surface area contributed by atoms with Gasteiger partial charge in [-0.25, -0.2) is 23.6 Å². The van der Waals surface area contributed by atoms with E-state index >= 15 is 4.39 Å². The number of halogens is 2. The number of aromatic hydroxyl groups is 2. The summed E-state index contributed by atoms with van der Waals surface area (Å²) in [6.07, 6.45) is -7.08. The summed E-state index contributed by atoms with van der Waals surface area (Å²) in [5, 5.41) is 38.3. The van der Waals surface area contributed by atoms with Crippen LogP contribution in [-0.4, -0.2) is 123 Å². The topological polar surface area (TPSA) is 335 Å². The third kappa shape index (κ3) is 10.8. The number of amides is 2. The summed E-state index contributed by atoms with van der Waals surface area (Å²) in [6.45, 7) is 11.6. The number of rotatable bonds is 14. The maximum atomic E-state index is 15.7. The number of aromatic nitrogens is 3. The number of carbonyl (C=O) groups is 4. The summed E-state index contributed by atoms with van der Waals surface area (Å²) in [6, 6.07) is 11.2. The fourth-order valence-electron chi connectivity index (χ4n) is 9.68. The van der Waals surface area contributed by atoms with Crippen molar-refractivity contribution in [2.75, 3.05) is 24.9 Å². The first-order chi connectivity index (χ1) is 37.3. The lowest BCUT2D eigenvalue weighted by Gasteiger charge is -2.47. The van der Waals surface area contributed by atoms with Crippen LogP contribution in [0.3, 0.4) is 0 Å². The van der Waals surface area contributed by atoms with Crippen LogP contribution >= 0.6 is 22.6 Å². The molecule has 0 aliphatic carbocycles.